The first kappa shape index (κ1) is 16.4. The maximum atomic E-state index is 11.9. The van der Waals surface area contributed by atoms with Gasteiger partial charge in [0, 0.05) is 0 Å². The standard InChI is InChI=1S/C12H12O12Si/c13-9(5-1-17-5)21-25(22-10(14)6-2-18-6,23-11(15)7-3-19-7)24-12(16)8-4-20-8/h5-8H,1-4H2. The Bertz CT molecular complexity index is 508. The van der Waals surface area contributed by atoms with E-state index in [1.807, 2.05) is 0 Å². The van der Waals surface area contributed by atoms with Gasteiger partial charge >= 0.3 is 32.9 Å². The van der Waals surface area contributed by atoms with E-state index in [2.05, 4.69) is 0 Å². The second-order valence-electron chi connectivity index (χ2n) is 5.47. The summed E-state index contributed by atoms with van der Waals surface area (Å²) in [5, 5.41) is 0. The van der Waals surface area contributed by atoms with Gasteiger partial charge < -0.3 is 36.7 Å². The zero-order chi connectivity index (χ0) is 17.6. The summed E-state index contributed by atoms with van der Waals surface area (Å²) in [4.78, 5) is 47.8. The molecule has 0 spiro atoms. The third-order valence-corrected chi connectivity index (χ3v) is 5.09. The second-order valence-corrected chi connectivity index (χ2v) is 7.29. The molecule has 0 saturated carbocycles. The van der Waals surface area contributed by atoms with Crippen molar-refractivity contribution in [3.05, 3.63) is 0 Å². The number of hydrogen-bond donors (Lipinski definition) is 0. The lowest BCUT2D eigenvalue weighted by molar-refractivity contribution is -0.165. The minimum absolute atomic E-state index is 0.0857. The van der Waals surface area contributed by atoms with Crippen molar-refractivity contribution in [1.82, 2.24) is 0 Å². The van der Waals surface area contributed by atoms with Gasteiger partial charge in [-0.05, 0) is 0 Å². The van der Waals surface area contributed by atoms with Crippen molar-refractivity contribution < 1.29 is 55.8 Å². The van der Waals surface area contributed by atoms with E-state index in [0.29, 0.717) is 0 Å². The molecule has 0 radical (unpaired) electrons. The van der Waals surface area contributed by atoms with Crippen LogP contribution in [-0.2, 0) is 55.8 Å². The van der Waals surface area contributed by atoms with Gasteiger partial charge in [-0.1, -0.05) is 0 Å². The van der Waals surface area contributed by atoms with Crippen LogP contribution in [0.25, 0.3) is 0 Å². The minimum Gasteiger partial charge on any atom is -0.421 e. The van der Waals surface area contributed by atoms with Crippen LogP contribution in [0.1, 0.15) is 0 Å². The molecule has 13 heteroatoms. The van der Waals surface area contributed by atoms with Crippen LogP contribution in [0.2, 0.25) is 0 Å². The number of carbonyl (C=O) groups excluding carboxylic acids is 4. The van der Waals surface area contributed by atoms with Crippen molar-refractivity contribution in [2.75, 3.05) is 26.4 Å². The van der Waals surface area contributed by atoms with Gasteiger partial charge in [0.15, 0.2) is 24.4 Å². The summed E-state index contributed by atoms with van der Waals surface area (Å²) in [6.07, 6.45) is -3.63. The summed E-state index contributed by atoms with van der Waals surface area (Å²) < 4.78 is 39.0. The molecule has 0 aromatic carbocycles. The highest BCUT2D eigenvalue weighted by atomic mass is 28.4. The molecule has 12 nitrogen and oxygen atoms in total. The van der Waals surface area contributed by atoms with Crippen LogP contribution in [0.3, 0.4) is 0 Å². The molecule has 4 aliphatic rings. The molecule has 0 aliphatic carbocycles. The normalized spacial score (nSPS) is 33.3. The van der Waals surface area contributed by atoms with E-state index in [1.54, 1.807) is 0 Å². The van der Waals surface area contributed by atoms with Crippen molar-refractivity contribution in [2.24, 2.45) is 0 Å². The molecule has 0 aromatic heterocycles. The Morgan fingerprint density at radius 1 is 0.560 bits per heavy atom. The van der Waals surface area contributed by atoms with E-state index < -0.39 is 57.3 Å². The summed E-state index contributed by atoms with van der Waals surface area (Å²) in [5.41, 5.74) is 0. The quantitative estimate of drug-likeness (QED) is 0.317. The van der Waals surface area contributed by atoms with Gasteiger partial charge in [-0.3, -0.25) is 19.2 Å². The average Bonchev–Trinajstić information content (AvgIpc) is 3.37. The van der Waals surface area contributed by atoms with Crippen molar-refractivity contribution in [3.63, 3.8) is 0 Å². The zero-order valence-corrected chi connectivity index (χ0v) is 13.5. The summed E-state index contributed by atoms with van der Waals surface area (Å²) in [6.45, 7) is 0.343. The Kier molecular flexibility index (Phi) is 3.96. The van der Waals surface area contributed by atoms with E-state index in [-0.39, 0.29) is 26.4 Å². The Morgan fingerprint density at radius 3 is 0.920 bits per heavy atom. The maximum absolute atomic E-state index is 11.9. The fourth-order valence-corrected chi connectivity index (χ4v) is 3.38. The minimum atomic E-state index is -4.86. The molecule has 4 aliphatic heterocycles. The number of epoxide rings is 4. The molecule has 25 heavy (non-hydrogen) atoms. The van der Waals surface area contributed by atoms with Gasteiger partial charge in [0.05, 0.1) is 26.4 Å². The van der Waals surface area contributed by atoms with E-state index in [4.69, 9.17) is 36.7 Å². The first-order valence-corrected chi connectivity index (χ1v) is 8.97. The average molecular weight is 376 g/mol. The van der Waals surface area contributed by atoms with Gasteiger partial charge in [-0.2, -0.15) is 0 Å². The lowest BCUT2D eigenvalue weighted by Gasteiger charge is -2.24. The fraction of sp³-hybridized carbons (Fsp3) is 0.667. The van der Waals surface area contributed by atoms with Crippen LogP contribution in [-0.4, -0.2) is 83.8 Å². The Labute approximate surface area is 140 Å². The molecule has 0 amide bonds. The lowest BCUT2D eigenvalue weighted by Crippen LogP contribution is -2.56. The maximum Gasteiger partial charge on any atom is 0.975 e. The topological polar surface area (TPSA) is 155 Å². The van der Waals surface area contributed by atoms with Crippen molar-refractivity contribution in [1.29, 1.82) is 0 Å². The summed E-state index contributed by atoms with van der Waals surface area (Å²) in [6, 6.07) is 0. The monoisotopic (exact) mass is 376 g/mol. The lowest BCUT2D eigenvalue weighted by atomic mass is 10.5. The summed E-state index contributed by atoms with van der Waals surface area (Å²) in [7, 11) is -4.86. The van der Waals surface area contributed by atoms with Gasteiger partial charge in [-0.25, -0.2) is 0 Å². The number of carbonyl (C=O) groups is 4. The molecule has 4 atom stereocenters. The summed E-state index contributed by atoms with van der Waals surface area (Å²) >= 11 is 0. The Hall–Kier alpha value is -2.06. The van der Waals surface area contributed by atoms with E-state index in [1.165, 1.54) is 0 Å². The Morgan fingerprint density at radius 2 is 0.760 bits per heavy atom. The summed E-state index contributed by atoms with van der Waals surface area (Å²) in [5.74, 6) is -3.93. The van der Waals surface area contributed by atoms with Crippen molar-refractivity contribution >= 4 is 32.9 Å². The largest absolute Gasteiger partial charge is 0.975 e. The number of hydrogen-bond acceptors (Lipinski definition) is 12. The molecule has 136 valence electrons. The molecular formula is C12H12O12Si. The fourth-order valence-electron chi connectivity index (χ4n) is 1.62. The second kappa shape index (κ2) is 6.03. The van der Waals surface area contributed by atoms with Crippen LogP contribution >= 0.6 is 0 Å². The number of ether oxygens (including phenoxy) is 4. The Balaban J connectivity index is 1.54. The molecule has 4 heterocycles. The van der Waals surface area contributed by atoms with Crippen molar-refractivity contribution in [2.45, 2.75) is 24.4 Å². The van der Waals surface area contributed by atoms with E-state index >= 15 is 0 Å². The third kappa shape index (κ3) is 4.13. The van der Waals surface area contributed by atoms with E-state index in [0.717, 1.165) is 0 Å². The molecular weight excluding hydrogens is 364 g/mol. The van der Waals surface area contributed by atoms with Crippen LogP contribution in [0, 0.1) is 0 Å². The van der Waals surface area contributed by atoms with Crippen LogP contribution in [0.15, 0.2) is 0 Å². The molecule has 4 saturated heterocycles. The SMILES string of the molecule is O=C(O[Si](OC(=O)C1CO1)(OC(=O)C1CO1)OC(=O)C1CO1)C1CO1. The molecule has 4 fully saturated rings. The van der Waals surface area contributed by atoms with E-state index in [9.17, 15) is 19.2 Å². The smallest absolute Gasteiger partial charge is 0.421 e. The highest BCUT2D eigenvalue weighted by Crippen LogP contribution is 2.25. The molecule has 0 aromatic rings. The molecule has 0 bridgehead atoms. The zero-order valence-electron chi connectivity index (χ0n) is 12.5. The number of rotatable bonds is 8. The molecule has 0 N–H and O–H groups in total. The van der Waals surface area contributed by atoms with Gasteiger partial charge in [0.25, 0.3) is 0 Å². The highest BCUT2D eigenvalue weighted by molar-refractivity contribution is 6.61. The van der Waals surface area contributed by atoms with Gasteiger partial charge in [0.1, 0.15) is 0 Å². The van der Waals surface area contributed by atoms with Crippen LogP contribution < -0.4 is 0 Å². The van der Waals surface area contributed by atoms with Crippen LogP contribution in [0.5, 0.6) is 0 Å². The highest BCUT2D eigenvalue weighted by Gasteiger charge is 2.67. The van der Waals surface area contributed by atoms with Gasteiger partial charge in [0.2, 0.25) is 0 Å². The third-order valence-electron chi connectivity index (χ3n) is 3.29. The van der Waals surface area contributed by atoms with Crippen molar-refractivity contribution in [3.8, 4) is 0 Å². The first-order chi connectivity index (χ1) is 12.0. The predicted molar refractivity (Wildman–Crippen MR) is 69.1 cm³/mol. The first-order valence-electron chi connectivity index (χ1n) is 7.33. The van der Waals surface area contributed by atoms with Gasteiger partial charge in [-0.15, -0.1) is 0 Å². The van der Waals surface area contributed by atoms with Crippen LogP contribution in [0.4, 0.5) is 0 Å². The predicted octanol–water partition coefficient (Wildman–Crippen LogP) is -2.81. The molecule has 4 rings (SSSR count). The molecule has 4 unspecified atom stereocenters.